The molecule has 2 rings (SSSR count). The molecular weight excluding hydrogens is 331 g/mol. The summed E-state index contributed by atoms with van der Waals surface area (Å²) in [4.78, 5) is 0. The normalized spacial score (nSPS) is 12.2. The molecule has 0 amide bonds. The minimum atomic E-state index is -0.0814. The summed E-state index contributed by atoms with van der Waals surface area (Å²) in [6, 6.07) is 12.5. The molecule has 0 bridgehead atoms. The van der Waals surface area contributed by atoms with E-state index in [-0.39, 0.29) is 12.5 Å². The van der Waals surface area contributed by atoms with Crippen LogP contribution in [0.3, 0.4) is 0 Å². The van der Waals surface area contributed by atoms with Crippen molar-refractivity contribution < 1.29 is 9.84 Å². The first-order chi connectivity index (χ1) is 10.1. The average molecular weight is 346 g/mol. The standard InChI is InChI=1S/C16H15Cl3O2/c17-12-1-4-14(5-2-12)21-8-7-11(10-20)15-6-3-13(18)9-16(15)19/h1-6,9,11,20H,7-8,10H2/t11-/m0/s1. The maximum absolute atomic E-state index is 9.54. The van der Waals surface area contributed by atoms with Crippen LogP contribution in [-0.2, 0) is 0 Å². The van der Waals surface area contributed by atoms with E-state index in [9.17, 15) is 5.11 Å². The molecule has 1 N–H and O–H groups in total. The Balaban J connectivity index is 1.94. The first-order valence-electron chi connectivity index (χ1n) is 6.54. The van der Waals surface area contributed by atoms with Crippen LogP contribution in [0.15, 0.2) is 42.5 Å². The molecule has 0 spiro atoms. The Bertz CT molecular complexity index is 585. The number of benzene rings is 2. The van der Waals surface area contributed by atoms with Gasteiger partial charge in [0.2, 0.25) is 0 Å². The number of hydrogen-bond acceptors (Lipinski definition) is 2. The number of rotatable bonds is 6. The molecule has 0 saturated heterocycles. The molecule has 112 valence electrons. The van der Waals surface area contributed by atoms with Crippen molar-refractivity contribution in [2.24, 2.45) is 0 Å². The number of halogens is 3. The Hall–Kier alpha value is -0.930. The van der Waals surface area contributed by atoms with E-state index in [2.05, 4.69) is 0 Å². The monoisotopic (exact) mass is 344 g/mol. The second kappa shape index (κ2) is 7.90. The van der Waals surface area contributed by atoms with Crippen molar-refractivity contribution in [2.75, 3.05) is 13.2 Å². The van der Waals surface area contributed by atoms with Crippen LogP contribution in [0, 0.1) is 0 Å². The Morgan fingerprint density at radius 3 is 2.24 bits per heavy atom. The van der Waals surface area contributed by atoms with Crippen LogP contribution in [0.25, 0.3) is 0 Å². The van der Waals surface area contributed by atoms with E-state index in [0.717, 1.165) is 11.3 Å². The highest BCUT2D eigenvalue weighted by molar-refractivity contribution is 6.35. The summed E-state index contributed by atoms with van der Waals surface area (Å²) in [5.74, 6) is 0.667. The first-order valence-corrected chi connectivity index (χ1v) is 7.67. The first kappa shape index (κ1) is 16.4. The smallest absolute Gasteiger partial charge is 0.119 e. The third-order valence-corrected chi connectivity index (χ3v) is 3.99. The summed E-state index contributed by atoms with van der Waals surface area (Å²) < 4.78 is 5.64. The highest BCUT2D eigenvalue weighted by atomic mass is 35.5. The van der Waals surface area contributed by atoms with Gasteiger partial charge in [-0.2, -0.15) is 0 Å². The third kappa shape index (κ3) is 4.79. The quantitative estimate of drug-likeness (QED) is 0.780. The summed E-state index contributed by atoms with van der Waals surface area (Å²) in [5, 5.41) is 11.4. The highest BCUT2D eigenvalue weighted by Crippen LogP contribution is 2.29. The van der Waals surface area contributed by atoms with Gasteiger partial charge >= 0.3 is 0 Å². The van der Waals surface area contributed by atoms with Gasteiger partial charge in [0.1, 0.15) is 5.75 Å². The van der Waals surface area contributed by atoms with Crippen LogP contribution in [0.4, 0.5) is 0 Å². The van der Waals surface area contributed by atoms with Crippen LogP contribution in [-0.4, -0.2) is 18.3 Å². The van der Waals surface area contributed by atoms with Gasteiger partial charge in [-0.3, -0.25) is 0 Å². The van der Waals surface area contributed by atoms with Crippen molar-refractivity contribution in [3.63, 3.8) is 0 Å². The van der Waals surface area contributed by atoms with E-state index < -0.39 is 0 Å². The molecule has 0 aliphatic heterocycles. The number of ether oxygens (including phenoxy) is 1. The van der Waals surface area contributed by atoms with E-state index in [1.807, 2.05) is 18.2 Å². The van der Waals surface area contributed by atoms with Gasteiger partial charge in [0, 0.05) is 21.0 Å². The molecule has 2 aromatic carbocycles. The van der Waals surface area contributed by atoms with Gasteiger partial charge in [0.25, 0.3) is 0 Å². The lowest BCUT2D eigenvalue weighted by atomic mass is 9.97. The molecule has 1 atom stereocenters. The molecule has 2 nitrogen and oxygen atoms in total. The molecular formula is C16H15Cl3O2. The molecule has 0 fully saturated rings. The maximum atomic E-state index is 9.54. The molecule has 0 aromatic heterocycles. The highest BCUT2D eigenvalue weighted by Gasteiger charge is 2.14. The second-order valence-electron chi connectivity index (χ2n) is 4.64. The van der Waals surface area contributed by atoms with Gasteiger partial charge in [0.05, 0.1) is 13.2 Å². The zero-order valence-corrected chi connectivity index (χ0v) is 13.5. The van der Waals surface area contributed by atoms with Crippen LogP contribution < -0.4 is 4.74 Å². The summed E-state index contributed by atoms with van der Waals surface area (Å²) in [6.07, 6.45) is 0.653. The van der Waals surface area contributed by atoms with Crippen molar-refractivity contribution >= 4 is 34.8 Å². The topological polar surface area (TPSA) is 29.5 Å². The van der Waals surface area contributed by atoms with Gasteiger partial charge in [-0.1, -0.05) is 40.9 Å². The Labute approximate surface area is 139 Å². The van der Waals surface area contributed by atoms with Crippen molar-refractivity contribution in [1.82, 2.24) is 0 Å². The van der Waals surface area contributed by atoms with Gasteiger partial charge in [0.15, 0.2) is 0 Å². The molecule has 2 aromatic rings. The fourth-order valence-electron chi connectivity index (χ4n) is 2.03. The molecule has 0 aliphatic carbocycles. The van der Waals surface area contributed by atoms with Crippen LogP contribution >= 0.6 is 34.8 Å². The van der Waals surface area contributed by atoms with E-state index in [0.29, 0.717) is 28.1 Å². The largest absolute Gasteiger partial charge is 0.494 e. The molecule has 21 heavy (non-hydrogen) atoms. The van der Waals surface area contributed by atoms with E-state index >= 15 is 0 Å². The summed E-state index contributed by atoms with van der Waals surface area (Å²) >= 11 is 17.9. The fraction of sp³-hybridized carbons (Fsp3) is 0.250. The number of aliphatic hydroxyl groups excluding tert-OH is 1. The van der Waals surface area contributed by atoms with Gasteiger partial charge in [-0.25, -0.2) is 0 Å². The van der Waals surface area contributed by atoms with E-state index in [4.69, 9.17) is 39.5 Å². The summed E-state index contributed by atoms with van der Waals surface area (Å²) in [6.45, 7) is 0.483. The Kier molecular flexibility index (Phi) is 6.19. The minimum absolute atomic E-state index is 0.00529. The van der Waals surface area contributed by atoms with E-state index in [1.165, 1.54) is 0 Å². The Morgan fingerprint density at radius 1 is 0.952 bits per heavy atom. The van der Waals surface area contributed by atoms with Crippen molar-refractivity contribution in [3.8, 4) is 5.75 Å². The minimum Gasteiger partial charge on any atom is -0.494 e. The van der Waals surface area contributed by atoms with Crippen LogP contribution in [0.1, 0.15) is 17.9 Å². The third-order valence-electron chi connectivity index (χ3n) is 3.17. The molecule has 0 radical (unpaired) electrons. The van der Waals surface area contributed by atoms with Gasteiger partial charge in [-0.05, 0) is 48.4 Å². The number of aliphatic hydroxyl groups is 1. The van der Waals surface area contributed by atoms with Crippen LogP contribution in [0.2, 0.25) is 15.1 Å². The van der Waals surface area contributed by atoms with Gasteiger partial charge in [-0.15, -0.1) is 0 Å². The predicted molar refractivity (Wildman–Crippen MR) is 87.9 cm³/mol. The van der Waals surface area contributed by atoms with Crippen molar-refractivity contribution in [3.05, 3.63) is 63.1 Å². The van der Waals surface area contributed by atoms with Crippen molar-refractivity contribution in [1.29, 1.82) is 0 Å². The average Bonchev–Trinajstić information content (AvgIpc) is 2.46. The molecule has 0 saturated carbocycles. The maximum Gasteiger partial charge on any atom is 0.119 e. The summed E-state index contributed by atoms with van der Waals surface area (Å²) in [5.41, 5.74) is 0.878. The number of hydrogen-bond donors (Lipinski definition) is 1. The lowest BCUT2D eigenvalue weighted by Crippen LogP contribution is -2.10. The predicted octanol–water partition coefficient (Wildman–Crippen LogP) is 5.19. The molecule has 0 unspecified atom stereocenters. The fourth-order valence-corrected chi connectivity index (χ4v) is 2.72. The molecule has 0 heterocycles. The van der Waals surface area contributed by atoms with Gasteiger partial charge < -0.3 is 9.84 Å². The van der Waals surface area contributed by atoms with Crippen LogP contribution in [0.5, 0.6) is 5.75 Å². The zero-order chi connectivity index (χ0) is 15.2. The zero-order valence-electron chi connectivity index (χ0n) is 11.2. The summed E-state index contributed by atoms with van der Waals surface area (Å²) in [7, 11) is 0. The second-order valence-corrected chi connectivity index (χ2v) is 5.92. The molecule has 5 heteroatoms. The van der Waals surface area contributed by atoms with E-state index in [1.54, 1.807) is 24.3 Å². The Morgan fingerprint density at radius 2 is 1.62 bits per heavy atom. The molecule has 0 aliphatic rings. The lowest BCUT2D eigenvalue weighted by Gasteiger charge is -2.16. The lowest BCUT2D eigenvalue weighted by molar-refractivity contribution is 0.229. The van der Waals surface area contributed by atoms with Crippen molar-refractivity contribution in [2.45, 2.75) is 12.3 Å². The SMILES string of the molecule is OC[C@H](CCOc1ccc(Cl)cc1)c1ccc(Cl)cc1Cl.